The summed E-state index contributed by atoms with van der Waals surface area (Å²) in [6.07, 6.45) is 1.46. The normalized spacial score (nSPS) is 10.9. The minimum atomic E-state index is -0.678. The van der Waals surface area contributed by atoms with E-state index in [1.165, 1.54) is 6.08 Å². The summed E-state index contributed by atoms with van der Waals surface area (Å²) in [6.45, 7) is 5.03. The molecule has 0 saturated heterocycles. The third kappa shape index (κ3) is 3.08. The quantitative estimate of drug-likeness (QED) is 0.499. The van der Waals surface area contributed by atoms with E-state index in [4.69, 9.17) is 5.73 Å². The SMILES string of the molecule is C=CC(C)=NC(N)=O. The molecule has 2 amide bonds. The molecule has 0 fully saturated rings. The molecule has 0 aliphatic carbocycles. The molecule has 44 valence electrons. The van der Waals surface area contributed by atoms with Gasteiger partial charge in [0.25, 0.3) is 0 Å². The van der Waals surface area contributed by atoms with E-state index < -0.39 is 6.03 Å². The Hall–Kier alpha value is -1.12. The van der Waals surface area contributed by atoms with Crippen LogP contribution in [0.15, 0.2) is 17.6 Å². The topological polar surface area (TPSA) is 55.4 Å². The highest BCUT2D eigenvalue weighted by Gasteiger charge is 1.84. The van der Waals surface area contributed by atoms with Crippen LogP contribution in [-0.2, 0) is 0 Å². The molecule has 8 heavy (non-hydrogen) atoms. The van der Waals surface area contributed by atoms with Crippen LogP contribution in [0.2, 0.25) is 0 Å². The van der Waals surface area contributed by atoms with Crippen molar-refractivity contribution in [3.63, 3.8) is 0 Å². The highest BCUT2D eigenvalue weighted by molar-refractivity contribution is 5.99. The van der Waals surface area contributed by atoms with Gasteiger partial charge in [-0.05, 0) is 13.0 Å². The van der Waals surface area contributed by atoms with E-state index in [-0.39, 0.29) is 0 Å². The monoisotopic (exact) mass is 112 g/mol. The molecule has 0 saturated carbocycles. The summed E-state index contributed by atoms with van der Waals surface area (Å²) in [5.41, 5.74) is 5.23. The van der Waals surface area contributed by atoms with Crippen LogP contribution in [0.1, 0.15) is 6.92 Å². The van der Waals surface area contributed by atoms with Crippen molar-refractivity contribution in [2.45, 2.75) is 6.92 Å². The van der Waals surface area contributed by atoms with E-state index in [0.29, 0.717) is 5.71 Å². The second kappa shape index (κ2) is 2.96. The smallest absolute Gasteiger partial charge is 0.338 e. The van der Waals surface area contributed by atoms with Gasteiger partial charge in [0, 0.05) is 5.71 Å². The van der Waals surface area contributed by atoms with Gasteiger partial charge >= 0.3 is 6.03 Å². The molecule has 2 N–H and O–H groups in total. The summed E-state index contributed by atoms with van der Waals surface area (Å²) in [4.78, 5) is 13.3. The zero-order valence-corrected chi connectivity index (χ0v) is 4.72. The van der Waals surface area contributed by atoms with Gasteiger partial charge in [-0.15, -0.1) is 0 Å². The summed E-state index contributed by atoms with van der Waals surface area (Å²) >= 11 is 0. The van der Waals surface area contributed by atoms with Crippen LogP contribution in [0, 0.1) is 0 Å². The molecule has 0 aliphatic rings. The maximum absolute atomic E-state index is 9.96. The highest BCUT2D eigenvalue weighted by atomic mass is 16.2. The van der Waals surface area contributed by atoms with Crippen molar-refractivity contribution in [2.75, 3.05) is 0 Å². The summed E-state index contributed by atoms with van der Waals surface area (Å²) in [7, 11) is 0. The second-order valence-corrected chi connectivity index (χ2v) is 1.30. The number of allylic oxidation sites excluding steroid dienone is 1. The van der Waals surface area contributed by atoms with Gasteiger partial charge in [-0.25, -0.2) is 4.79 Å². The van der Waals surface area contributed by atoms with Crippen LogP contribution in [0.25, 0.3) is 0 Å². The molecule has 0 aromatic rings. The van der Waals surface area contributed by atoms with Crippen molar-refractivity contribution in [3.05, 3.63) is 12.7 Å². The Bertz CT molecular complexity index is 137. The van der Waals surface area contributed by atoms with Crippen molar-refractivity contribution in [1.29, 1.82) is 0 Å². The predicted octanol–water partition coefficient (Wildman–Crippen LogP) is 0.712. The Balaban J connectivity index is 3.94. The molecule has 0 aromatic heterocycles. The Morgan fingerprint density at radius 2 is 2.38 bits per heavy atom. The number of hydrogen-bond acceptors (Lipinski definition) is 1. The van der Waals surface area contributed by atoms with Crippen LogP contribution in [0.4, 0.5) is 4.79 Å². The van der Waals surface area contributed by atoms with Gasteiger partial charge in [0.1, 0.15) is 0 Å². The number of nitrogens with two attached hydrogens (primary N) is 1. The third-order valence-electron chi connectivity index (χ3n) is 0.582. The number of rotatable bonds is 1. The number of amides is 2. The van der Waals surface area contributed by atoms with E-state index in [0.717, 1.165) is 0 Å². The molecule has 0 rings (SSSR count). The molecular formula is C5H8N2O. The minimum absolute atomic E-state index is 0.539. The maximum atomic E-state index is 9.96. The Labute approximate surface area is 47.9 Å². The fraction of sp³-hybridized carbons (Fsp3) is 0.200. The second-order valence-electron chi connectivity index (χ2n) is 1.30. The molecule has 0 aromatic carbocycles. The number of nitrogens with zero attached hydrogens (tertiary/aromatic N) is 1. The summed E-state index contributed by atoms with van der Waals surface area (Å²) < 4.78 is 0. The van der Waals surface area contributed by atoms with Gasteiger partial charge in [-0.1, -0.05) is 6.58 Å². The minimum Gasteiger partial charge on any atom is -0.350 e. The van der Waals surface area contributed by atoms with Crippen molar-refractivity contribution in [2.24, 2.45) is 10.7 Å². The zero-order valence-electron chi connectivity index (χ0n) is 4.72. The Morgan fingerprint density at radius 1 is 1.88 bits per heavy atom. The first-order chi connectivity index (χ1) is 3.66. The van der Waals surface area contributed by atoms with Crippen LogP contribution in [0.5, 0.6) is 0 Å². The number of carbonyl (C=O) groups is 1. The van der Waals surface area contributed by atoms with E-state index in [1.54, 1.807) is 6.92 Å². The number of hydrogen-bond donors (Lipinski definition) is 1. The van der Waals surface area contributed by atoms with E-state index in [9.17, 15) is 4.79 Å². The highest BCUT2D eigenvalue weighted by Crippen LogP contribution is 1.76. The van der Waals surface area contributed by atoms with Gasteiger partial charge in [0.15, 0.2) is 0 Å². The molecule has 3 nitrogen and oxygen atoms in total. The third-order valence-corrected chi connectivity index (χ3v) is 0.582. The predicted molar refractivity (Wildman–Crippen MR) is 32.9 cm³/mol. The molecule has 0 bridgehead atoms. The largest absolute Gasteiger partial charge is 0.350 e. The number of urea groups is 1. The van der Waals surface area contributed by atoms with Gasteiger partial charge < -0.3 is 5.73 Å². The lowest BCUT2D eigenvalue weighted by Gasteiger charge is -1.83. The summed E-state index contributed by atoms with van der Waals surface area (Å²) in [6, 6.07) is -0.678. The first kappa shape index (κ1) is 6.88. The van der Waals surface area contributed by atoms with Crippen LogP contribution >= 0.6 is 0 Å². The fourth-order valence-corrected chi connectivity index (χ4v) is 0.219. The molecule has 0 atom stereocenters. The van der Waals surface area contributed by atoms with E-state index in [1.807, 2.05) is 0 Å². The molecular weight excluding hydrogens is 104 g/mol. The lowest BCUT2D eigenvalue weighted by molar-refractivity contribution is 0.257. The molecule has 0 aliphatic heterocycles. The van der Waals surface area contributed by atoms with Crippen LogP contribution < -0.4 is 5.73 Å². The van der Waals surface area contributed by atoms with E-state index in [2.05, 4.69) is 11.6 Å². The molecule has 0 heterocycles. The average molecular weight is 112 g/mol. The Kier molecular flexibility index (Phi) is 2.54. The maximum Gasteiger partial charge on any atom is 0.338 e. The standard InChI is InChI=1S/C5H8N2O/c1-3-4(2)7-5(6)8/h3H,1H2,2H3,(H2,6,8). The summed E-state index contributed by atoms with van der Waals surface area (Å²) in [5, 5.41) is 0. The van der Waals surface area contributed by atoms with Gasteiger partial charge in [0.2, 0.25) is 0 Å². The van der Waals surface area contributed by atoms with Gasteiger partial charge in [-0.2, -0.15) is 4.99 Å². The molecule has 0 spiro atoms. The number of carbonyl (C=O) groups excluding carboxylic acids is 1. The van der Waals surface area contributed by atoms with Crippen LogP contribution in [0.3, 0.4) is 0 Å². The first-order valence-electron chi connectivity index (χ1n) is 2.14. The Morgan fingerprint density at radius 3 is 2.50 bits per heavy atom. The molecule has 0 radical (unpaired) electrons. The summed E-state index contributed by atoms with van der Waals surface area (Å²) in [5.74, 6) is 0. The lowest BCUT2D eigenvalue weighted by atomic mass is 10.4. The average Bonchev–Trinajstić information content (AvgIpc) is 1.65. The lowest BCUT2D eigenvalue weighted by Crippen LogP contribution is -2.05. The zero-order chi connectivity index (χ0) is 6.57. The van der Waals surface area contributed by atoms with Crippen molar-refractivity contribution in [1.82, 2.24) is 0 Å². The van der Waals surface area contributed by atoms with E-state index >= 15 is 0 Å². The number of aliphatic imine (C=N–C) groups is 1. The van der Waals surface area contributed by atoms with Gasteiger partial charge in [0.05, 0.1) is 0 Å². The number of primary amides is 1. The molecule has 3 heteroatoms. The van der Waals surface area contributed by atoms with Crippen molar-refractivity contribution < 1.29 is 4.79 Å². The van der Waals surface area contributed by atoms with Gasteiger partial charge in [-0.3, -0.25) is 0 Å². The van der Waals surface area contributed by atoms with Crippen molar-refractivity contribution in [3.8, 4) is 0 Å². The van der Waals surface area contributed by atoms with Crippen molar-refractivity contribution >= 4 is 11.7 Å². The first-order valence-corrected chi connectivity index (χ1v) is 2.14. The fourth-order valence-electron chi connectivity index (χ4n) is 0.219. The molecule has 0 unspecified atom stereocenters. The van der Waals surface area contributed by atoms with Crippen LogP contribution in [-0.4, -0.2) is 11.7 Å².